The molecule has 1 saturated heterocycles. The molecule has 4 aromatic rings. The van der Waals surface area contributed by atoms with Gasteiger partial charge >= 0.3 is 0 Å². The van der Waals surface area contributed by atoms with Gasteiger partial charge in [0.2, 0.25) is 5.91 Å². The van der Waals surface area contributed by atoms with Crippen LogP contribution in [0.15, 0.2) is 67.5 Å². The molecule has 1 unspecified atom stereocenters. The smallest absolute Gasteiger partial charge is 0.230 e. The molecule has 0 aliphatic carbocycles. The number of hydrogen-bond donors (Lipinski definition) is 1. The normalized spacial score (nSPS) is 15.9. The van der Waals surface area contributed by atoms with Gasteiger partial charge in [-0.1, -0.05) is 24.3 Å². The Morgan fingerprint density at radius 2 is 2.00 bits per heavy atom. The topological polar surface area (TPSA) is 102 Å². The molecular weight excluding hydrogens is 416 g/mol. The van der Waals surface area contributed by atoms with Gasteiger partial charge in [-0.2, -0.15) is 0 Å². The fourth-order valence-electron chi connectivity index (χ4n) is 4.08. The first-order valence-electron chi connectivity index (χ1n) is 10.9. The molecule has 1 fully saturated rings. The molecule has 9 nitrogen and oxygen atoms in total. The van der Waals surface area contributed by atoms with Crippen LogP contribution >= 0.6 is 0 Å². The van der Waals surface area contributed by atoms with Crippen LogP contribution in [0.2, 0.25) is 0 Å². The summed E-state index contributed by atoms with van der Waals surface area (Å²) in [6.07, 6.45) is 8.27. The third-order valence-electron chi connectivity index (χ3n) is 5.86. The van der Waals surface area contributed by atoms with E-state index in [9.17, 15) is 4.79 Å². The summed E-state index contributed by atoms with van der Waals surface area (Å²) in [4.78, 5) is 27.5. The Kier molecular flexibility index (Phi) is 5.75. The van der Waals surface area contributed by atoms with Crippen molar-refractivity contribution < 1.29 is 4.79 Å². The Labute approximate surface area is 191 Å². The number of piperidine rings is 1. The van der Waals surface area contributed by atoms with Gasteiger partial charge < -0.3 is 10.2 Å². The van der Waals surface area contributed by atoms with Gasteiger partial charge in [-0.25, -0.2) is 15.0 Å². The summed E-state index contributed by atoms with van der Waals surface area (Å²) in [5.41, 5.74) is 3.09. The third-order valence-corrected chi connectivity index (χ3v) is 5.86. The fourth-order valence-corrected chi connectivity index (χ4v) is 4.08. The van der Waals surface area contributed by atoms with Crippen LogP contribution < -0.4 is 10.2 Å². The lowest BCUT2D eigenvalue weighted by Gasteiger charge is -2.32. The van der Waals surface area contributed by atoms with Crippen molar-refractivity contribution in [3.63, 3.8) is 0 Å². The van der Waals surface area contributed by atoms with E-state index in [2.05, 4.69) is 48.4 Å². The molecule has 0 spiro atoms. The highest BCUT2D eigenvalue weighted by molar-refractivity contribution is 5.92. The van der Waals surface area contributed by atoms with Crippen molar-refractivity contribution in [2.75, 3.05) is 23.3 Å². The maximum atomic E-state index is 13.0. The summed E-state index contributed by atoms with van der Waals surface area (Å²) in [7, 11) is 0. The first kappa shape index (κ1) is 20.7. The van der Waals surface area contributed by atoms with Gasteiger partial charge in [-0.3, -0.25) is 9.36 Å². The Morgan fingerprint density at radius 3 is 2.79 bits per heavy atom. The third kappa shape index (κ3) is 4.57. The molecule has 0 saturated carbocycles. The SMILES string of the molecule is Cc1ccccc1-c1ccc(N2CCCC(C(=O)Nc3cc(-n4ccnc4)ncn3)C2)nn1. The monoisotopic (exact) mass is 440 g/mol. The van der Waals surface area contributed by atoms with Gasteiger partial charge in [0.05, 0.1) is 11.6 Å². The van der Waals surface area contributed by atoms with Crippen molar-refractivity contribution in [1.29, 1.82) is 0 Å². The average molecular weight is 441 g/mol. The van der Waals surface area contributed by atoms with Crippen molar-refractivity contribution >= 4 is 17.5 Å². The van der Waals surface area contributed by atoms with Crippen LogP contribution in [0.1, 0.15) is 18.4 Å². The zero-order chi connectivity index (χ0) is 22.6. The highest BCUT2D eigenvalue weighted by atomic mass is 16.2. The second kappa shape index (κ2) is 9.15. The molecule has 33 heavy (non-hydrogen) atoms. The maximum Gasteiger partial charge on any atom is 0.230 e. The van der Waals surface area contributed by atoms with E-state index in [0.29, 0.717) is 18.2 Å². The second-order valence-electron chi connectivity index (χ2n) is 8.10. The number of imidazole rings is 1. The molecule has 1 aliphatic heterocycles. The van der Waals surface area contributed by atoms with Gasteiger partial charge in [0, 0.05) is 37.1 Å². The number of nitrogens with one attached hydrogen (secondary N) is 1. The first-order valence-corrected chi connectivity index (χ1v) is 10.9. The lowest BCUT2D eigenvalue weighted by atomic mass is 9.97. The number of amides is 1. The highest BCUT2D eigenvalue weighted by Crippen LogP contribution is 2.25. The summed E-state index contributed by atoms with van der Waals surface area (Å²) in [5.74, 6) is 1.68. The highest BCUT2D eigenvalue weighted by Gasteiger charge is 2.27. The largest absolute Gasteiger partial charge is 0.354 e. The zero-order valence-corrected chi connectivity index (χ0v) is 18.3. The number of anilines is 2. The Bertz CT molecular complexity index is 1240. The molecule has 1 aliphatic rings. The molecule has 1 aromatic carbocycles. The molecule has 4 heterocycles. The Hall–Kier alpha value is -4.14. The van der Waals surface area contributed by atoms with Crippen LogP contribution in [0.3, 0.4) is 0 Å². The van der Waals surface area contributed by atoms with E-state index in [4.69, 9.17) is 0 Å². The molecule has 5 rings (SSSR count). The van der Waals surface area contributed by atoms with Crippen LogP contribution in [0.4, 0.5) is 11.6 Å². The van der Waals surface area contributed by atoms with Gasteiger partial charge in [0.15, 0.2) is 5.82 Å². The minimum Gasteiger partial charge on any atom is -0.354 e. The number of aromatic nitrogens is 6. The molecule has 166 valence electrons. The zero-order valence-electron chi connectivity index (χ0n) is 18.3. The molecule has 0 bridgehead atoms. The van der Waals surface area contributed by atoms with Gasteiger partial charge in [-0.15, -0.1) is 10.2 Å². The van der Waals surface area contributed by atoms with Crippen LogP contribution in [0, 0.1) is 12.8 Å². The predicted molar refractivity (Wildman–Crippen MR) is 125 cm³/mol. The van der Waals surface area contributed by atoms with Crippen molar-refractivity contribution in [3.8, 4) is 17.1 Å². The van der Waals surface area contributed by atoms with E-state index >= 15 is 0 Å². The summed E-state index contributed by atoms with van der Waals surface area (Å²) in [6, 6.07) is 13.8. The van der Waals surface area contributed by atoms with Crippen molar-refractivity contribution in [2.45, 2.75) is 19.8 Å². The number of carbonyl (C=O) groups excluding carboxylic acids is 1. The first-order chi connectivity index (χ1) is 16.2. The van der Waals surface area contributed by atoms with Crippen LogP contribution in [0.25, 0.3) is 17.1 Å². The fraction of sp³-hybridized carbons (Fsp3) is 0.250. The lowest BCUT2D eigenvalue weighted by molar-refractivity contribution is -0.120. The summed E-state index contributed by atoms with van der Waals surface area (Å²) >= 11 is 0. The van der Waals surface area contributed by atoms with E-state index < -0.39 is 0 Å². The molecule has 1 atom stereocenters. The maximum absolute atomic E-state index is 13.0. The van der Waals surface area contributed by atoms with Crippen molar-refractivity contribution in [3.05, 3.63) is 73.1 Å². The van der Waals surface area contributed by atoms with Crippen LogP contribution in [-0.4, -0.2) is 48.7 Å². The van der Waals surface area contributed by atoms with Crippen LogP contribution in [-0.2, 0) is 4.79 Å². The number of nitrogens with zero attached hydrogens (tertiary/aromatic N) is 7. The van der Waals surface area contributed by atoms with E-state index in [-0.39, 0.29) is 11.8 Å². The number of carbonyl (C=O) groups is 1. The minimum atomic E-state index is -0.164. The van der Waals surface area contributed by atoms with E-state index in [0.717, 1.165) is 42.0 Å². The number of aryl methyl sites for hydroxylation is 1. The van der Waals surface area contributed by atoms with Crippen molar-refractivity contribution in [1.82, 2.24) is 29.7 Å². The number of benzene rings is 1. The standard InChI is InChI=1S/C24H24N8O/c1-17-5-2-3-7-19(17)20-8-9-22(30-29-20)31-11-4-6-18(14-31)24(33)28-21-13-23(27-15-26-21)32-12-10-25-16-32/h2-3,5,7-10,12-13,15-16,18H,4,6,11,14H2,1H3,(H,26,27,28,33). The Balaban J connectivity index is 1.26. The molecular formula is C24H24N8O. The molecule has 0 radical (unpaired) electrons. The average Bonchev–Trinajstić information content (AvgIpc) is 3.40. The molecule has 3 aromatic heterocycles. The van der Waals surface area contributed by atoms with Gasteiger partial charge in [0.25, 0.3) is 0 Å². The quantitative estimate of drug-likeness (QED) is 0.508. The van der Waals surface area contributed by atoms with E-state index in [1.54, 1.807) is 29.4 Å². The van der Waals surface area contributed by atoms with Gasteiger partial charge in [-0.05, 0) is 37.5 Å². The molecule has 1 N–H and O–H groups in total. The van der Waals surface area contributed by atoms with Gasteiger partial charge in [0.1, 0.15) is 24.3 Å². The van der Waals surface area contributed by atoms with Crippen molar-refractivity contribution in [2.24, 2.45) is 5.92 Å². The number of rotatable bonds is 5. The summed E-state index contributed by atoms with van der Waals surface area (Å²) < 4.78 is 1.76. The van der Waals surface area contributed by atoms with Crippen LogP contribution in [0.5, 0.6) is 0 Å². The van der Waals surface area contributed by atoms with E-state index in [1.807, 2.05) is 30.3 Å². The lowest BCUT2D eigenvalue weighted by Crippen LogP contribution is -2.41. The molecule has 9 heteroatoms. The minimum absolute atomic E-state index is 0.0560. The molecule has 1 amide bonds. The second-order valence-corrected chi connectivity index (χ2v) is 8.10. The predicted octanol–water partition coefficient (Wildman–Crippen LogP) is 3.28. The summed E-state index contributed by atoms with van der Waals surface area (Å²) in [6.45, 7) is 3.50. The van der Waals surface area contributed by atoms with E-state index in [1.165, 1.54) is 6.33 Å². The summed E-state index contributed by atoms with van der Waals surface area (Å²) in [5, 5.41) is 11.8. The Morgan fingerprint density at radius 1 is 1.09 bits per heavy atom. The number of hydrogen-bond acceptors (Lipinski definition) is 7.